The highest BCUT2D eigenvalue weighted by atomic mass is 35.5. The van der Waals surface area contributed by atoms with E-state index in [1.807, 2.05) is 0 Å². The molecule has 1 aliphatic carbocycles. The molecule has 16 heteroatoms. The first kappa shape index (κ1) is 29.0. The zero-order valence-electron chi connectivity index (χ0n) is 18.8. The lowest BCUT2D eigenvalue weighted by atomic mass is 9.90. The average Bonchev–Trinajstić information content (AvgIpc) is 3.48. The molecule has 3 aromatic rings. The normalized spacial score (nSPS) is 15.0. The second-order valence-corrected chi connectivity index (χ2v) is 9.37. The zero-order chi connectivity index (χ0) is 29.1. The van der Waals surface area contributed by atoms with Crippen molar-refractivity contribution in [2.75, 3.05) is 0 Å². The molecule has 1 saturated carbocycles. The van der Waals surface area contributed by atoms with E-state index in [-0.39, 0.29) is 34.0 Å². The maximum atomic E-state index is 14.5. The zero-order valence-corrected chi connectivity index (χ0v) is 20.3. The minimum atomic E-state index is -6.67. The van der Waals surface area contributed by atoms with Gasteiger partial charge in [-0.25, -0.2) is 4.39 Å². The number of carbonyl (C=O) groups excluding carboxylic acids is 1. The Bertz CT molecular complexity index is 1410. The van der Waals surface area contributed by atoms with Crippen LogP contribution in [0.2, 0.25) is 10.0 Å². The van der Waals surface area contributed by atoms with Crippen LogP contribution in [-0.2, 0) is 11.8 Å². The maximum absolute atomic E-state index is 14.5. The van der Waals surface area contributed by atoms with Crippen molar-refractivity contribution in [3.8, 4) is 22.6 Å². The Kier molecular flexibility index (Phi) is 7.12. The van der Waals surface area contributed by atoms with Crippen LogP contribution in [0.4, 0.5) is 43.9 Å². The second kappa shape index (κ2) is 9.58. The fraction of sp³-hybridized carbons (Fsp3) is 0.304. The van der Waals surface area contributed by atoms with Crippen molar-refractivity contribution in [2.24, 2.45) is 0 Å². The molecule has 0 radical (unpaired) electrons. The van der Waals surface area contributed by atoms with Gasteiger partial charge < -0.3 is 9.84 Å². The molecule has 1 aliphatic rings. The van der Waals surface area contributed by atoms with Gasteiger partial charge in [0, 0.05) is 28.8 Å². The Hall–Kier alpha value is -3.00. The molecule has 0 saturated heterocycles. The molecule has 4 nitrogen and oxygen atoms in total. The standard InChI is InChI=1S/C23H12Cl2F10N2O2/c24-14-4-1-9(5-12(14)19(38)36-11-2-3-11)17-8-16(37-39-17)18-13(21(27,28)29)6-10(7-15(18)25)20(26,22(30,31)32)23(33,34)35/h1,4-8,11H,2-3H2,(H,36,38). The lowest BCUT2D eigenvalue weighted by Crippen LogP contribution is -2.50. The average molecular weight is 609 g/mol. The summed E-state index contributed by atoms with van der Waals surface area (Å²) < 4.78 is 140. The number of nitrogens with one attached hydrogen (secondary N) is 1. The molecule has 0 spiro atoms. The number of alkyl halides is 10. The predicted octanol–water partition coefficient (Wildman–Crippen LogP) is 8.52. The van der Waals surface area contributed by atoms with Gasteiger partial charge in [0.15, 0.2) is 5.76 Å². The summed E-state index contributed by atoms with van der Waals surface area (Å²) in [6, 6.07) is 3.85. The molecule has 1 heterocycles. The molecule has 210 valence electrons. The molecule has 39 heavy (non-hydrogen) atoms. The Morgan fingerprint density at radius 3 is 2.03 bits per heavy atom. The van der Waals surface area contributed by atoms with E-state index in [9.17, 15) is 48.7 Å². The first-order valence-electron chi connectivity index (χ1n) is 10.7. The third kappa shape index (κ3) is 5.40. The molecule has 0 atom stereocenters. The predicted molar refractivity (Wildman–Crippen MR) is 118 cm³/mol. The molecule has 0 bridgehead atoms. The molecule has 1 fully saturated rings. The van der Waals surface area contributed by atoms with Gasteiger partial charge in [0.25, 0.3) is 5.91 Å². The van der Waals surface area contributed by atoms with Crippen LogP contribution in [0.1, 0.15) is 34.3 Å². The van der Waals surface area contributed by atoms with Crippen molar-refractivity contribution in [1.29, 1.82) is 0 Å². The van der Waals surface area contributed by atoms with Crippen molar-refractivity contribution in [3.05, 3.63) is 63.1 Å². The Morgan fingerprint density at radius 1 is 0.872 bits per heavy atom. The lowest BCUT2D eigenvalue weighted by Gasteiger charge is -2.31. The van der Waals surface area contributed by atoms with Gasteiger partial charge in [-0.3, -0.25) is 4.79 Å². The highest BCUT2D eigenvalue weighted by Gasteiger charge is 2.73. The number of rotatable bonds is 5. The van der Waals surface area contributed by atoms with E-state index in [0.717, 1.165) is 18.9 Å². The number of carbonyl (C=O) groups is 1. The maximum Gasteiger partial charge on any atom is 0.435 e. The summed E-state index contributed by atoms with van der Waals surface area (Å²) in [4.78, 5) is 12.4. The number of halogens is 12. The summed E-state index contributed by atoms with van der Waals surface area (Å²) in [5, 5.41) is 4.83. The van der Waals surface area contributed by atoms with Crippen LogP contribution in [0, 0.1) is 0 Å². The van der Waals surface area contributed by atoms with E-state index >= 15 is 0 Å². The summed E-state index contributed by atoms with van der Waals surface area (Å²) in [6.07, 6.45) is -17.4. The van der Waals surface area contributed by atoms with Crippen molar-refractivity contribution < 1.29 is 53.2 Å². The van der Waals surface area contributed by atoms with E-state index in [4.69, 9.17) is 27.7 Å². The molecule has 1 aromatic heterocycles. The first-order chi connectivity index (χ1) is 17.8. The molecule has 1 N–H and O–H groups in total. The van der Waals surface area contributed by atoms with Gasteiger partial charge in [0.2, 0.25) is 0 Å². The van der Waals surface area contributed by atoms with Crippen LogP contribution in [0.5, 0.6) is 0 Å². The Labute approximate surface area is 221 Å². The van der Waals surface area contributed by atoms with E-state index < -0.39 is 63.6 Å². The third-order valence-corrected chi connectivity index (χ3v) is 6.38. The van der Waals surface area contributed by atoms with E-state index in [2.05, 4.69) is 10.5 Å². The fourth-order valence-electron chi connectivity index (χ4n) is 3.65. The molecule has 4 rings (SSSR count). The summed E-state index contributed by atoms with van der Waals surface area (Å²) in [7, 11) is 0. The van der Waals surface area contributed by atoms with Gasteiger partial charge in [-0.1, -0.05) is 28.4 Å². The fourth-order valence-corrected chi connectivity index (χ4v) is 4.17. The Morgan fingerprint density at radius 2 is 1.49 bits per heavy atom. The minimum absolute atomic E-state index is 0.00373. The molecular formula is C23H12Cl2F10N2O2. The third-order valence-electron chi connectivity index (χ3n) is 5.75. The monoisotopic (exact) mass is 608 g/mol. The van der Waals surface area contributed by atoms with Crippen molar-refractivity contribution >= 4 is 29.1 Å². The van der Waals surface area contributed by atoms with Gasteiger partial charge in [0.1, 0.15) is 5.69 Å². The summed E-state index contributed by atoms with van der Waals surface area (Å²) in [5.41, 5.74) is -12.5. The second-order valence-electron chi connectivity index (χ2n) is 8.55. The minimum Gasteiger partial charge on any atom is -0.356 e. The molecule has 0 aliphatic heterocycles. The summed E-state index contributed by atoms with van der Waals surface area (Å²) in [6.45, 7) is 0. The van der Waals surface area contributed by atoms with Crippen molar-refractivity contribution in [3.63, 3.8) is 0 Å². The van der Waals surface area contributed by atoms with Crippen LogP contribution in [0.15, 0.2) is 40.9 Å². The number of aromatic nitrogens is 1. The molecular weight excluding hydrogens is 597 g/mol. The van der Waals surface area contributed by atoms with E-state index in [1.54, 1.807) is 0 Å². The summed E-state index contributed by atoms with van der Waals surface area (Å²) >= 11 is 11.8. The van der Waals surface area contributed by atoms with Crippen molar-refractivity contribution in [2.45, 2.75) is 43.1 Å². The number of amides is 1. The van der Waals surface area contributed by atoms with Crippen LogP contribution in [-0.4, -0.2) is 29.5 Å². The number of hydrogen-bond donors (Lipinski definition) is 1. The number of nitrogens with zero attached hydrogens (tertiary/aromatic N) is 1. The lowest BCUT2D eigenvalue weighted by molar-refractivity contribution is -0.348. The quantitative estimate of drug-likeness (QED) is 0.295. The molecule has 1 amide bonds. The first-order valence-corrected chi connectivity index (χ1v) is 11.4. The van der Waals surface area contributed by atoms with Gasteiger partial charge in [-0.15, -0.1) is 0 Å². The topological polar surface area (TPSA) is 55.1 Å². The summed E-state index contributed by atoms with van der Waals surface area (Å²) in [5.74, 6) is -0.785. The van der Waals surface area contributed by atoms with Gasteiger partial charge >= 0.3 is 24.2 Å². The highest BCUT2D eigenvalue weighted by molar-refractivity contribution is 6.34. The van der Waals surface area contributed by atoms with E-state index in [1.165, 1.54) is 18.2 Å². The largest absolute Gasteiger partial charge is 0.435 e. The van der Waals surface area contributed by atoms with Crippen LogP contribution < -0.4 is 5.32 Å². The van der Waals surface area contributed by atoms with Crippen LogP contribution >= 0.6 is 23.2 Å². The van der Waals surface area contributed by atoms with E-state index in [0.29, 0.717) is 0 Å². The van der Waals surface area contributed by atoms with Crippen LogP contribution in [0.3, 0.4) is 0 Å². The van der Waals surface area contributed by atoms with Gasteiger partial charge in [0.05, 0.1) is 21.2 Å². The molecule has 2 aromatic carbocycles. The Balaban J connectivity index is 1.82. The number of hydrogen-bond acceptors (Lipinski definition) is 3. The molecule has 0 unspecified atom stereocenters. The van der Waals surface area contributed by atoms with Gasteiger partial charge in [-0.2, -0.15) is 39.5 Å². The smallest absolute Gasteiger partial charge is 0.356 e. The number of benzene rings is 2. The van der Waals surface area contributed by atoms with Crippen LogP contribution in [0.25, 0.3) is 22.6 Å². The highest BCUT2D eigenvalue weighted by Crippen LogP contribution is 2.55. The van der Waals surface area contributed by atoms with Crippen molar-refractivity contribution in [1.82, 2.24) is 10.5 Å². The van der Waals surface area contributed by atoms with Gasteiger partial charge in [-0.05, 0) is 43.2 Å². The SMILES string of the molecule is O=C(NC1CC1)c1cc(-c2cc(-c3c(Cl)cc(C(F)(C(F)(F)F)C(F)(F)F)cc3C(F)(F)F)no2)ccc1Cl.